The first-order valence-corrected chi connectivity index (χ1v) is 10.9. The van der Waals surface area contributed by atoms with Gasteiger partial charge in [-0.3, -0.25) is 4.90 Å². The minimum atomic E-state index is -2.97. The van der Waals surface area contributed by atoms with E-state index >= 15 is 0 Å². The van der Waals surface area contributed by atoms with Crippen molar-refractivity contribution in [3.8, 4) is 11.1 Å². The van der Waals surface area contributed by atoms with Gasteiger partial charge in [-0.05, 0) is 30.8 Å². The van der Waals surface area contributed by atoms with Crippen LogP contribution < -0.4 is 0 Å². The molecule has 2 aromatic rings. The lowest BCUT2D eigenvalue weighted by molar-refractivity contribution is 0.229. The van der Waals surface area contributed by atoms with Crippen molar-refractivity contribution < 1.29 is 8.42 Å². The van der Waals surface area contributed by atoms with E-state index in [4.69, 9.17) is 0 Å². The molecule has 4 rings (SSSR count). The van der Waals surface area contributed by atoms with E-state index < -0.39 is 9.84 Å². The highest BCUT2D eigenvalue weighted by Crippen LogP contribution is 2.36. The van der Waals surface area contributed by atoms with Gasteiger partial charge in [-0.15, -0.1) is 0 Å². The second kappa shape index (κ2) is 6.80. The third kappa shape index (κ3) is 3.31. The van der Waals surface area contributed by atoms with Crippen molar-refractivity contribution in [2.45, 2.75) is 17.8 Å². The first kappa shape index (κ1) is 17.7. The van der Waals surface area contributed by atoms with Crippen LogP contribution in [0.4, 0.5) is 0 Å². The molecule has 0 N–H and O–H groups in total. The van der Waals surface area contributed by atoms with Crippen molar-refractivity contribution >= 4 is 9.84 Å². The Labute approximate surface area is 156 Å². The van der Waals surface area contributed by atoms with E-state index in [-0.39, 0.29) is 17.2 Å². The quantitative estimate of drug-likeness (QED) is 0.829. The molecule has 138 valence electrons. The Morgan fingerprint density at radius 3 is 2.27 bits per heavy atom. The second-order valence-corrected chi connectivity index (χ2v) is 10.1. The highest BCUT2D eigenvalue weighted by Gasteiger charge is 2.52. The van der Waals surface area contributed by atoms with Crippen molar-refractivity contribution in [3.05, 3.63) is 60.2 Å². The van der Waals surface area contributed by atoms with E-state index in [2.05, 4.69) is 46.2 Å². The second-order valence-electron chi connectivity index (χ2n) is 7.82. The fourth-order valence-corrected chi connectivity index (χ4v) is 6.97. The van der Waals surface area contributed by atoms with Gasteiger partial charge in [0, 0.05) is 31.6 Å². The van der Waals surface area contributed by atoms with Gasteiger partial charge in [-0.2, -0.15) is 0 Å². The van der Waals surface area contributed by atoms with Crippen LogP contribution in [0.1, 0.15) is 5.56 Å². The van der Waals surface area contributed by atoms with Crippen molar-refractivity contribution in [1.82, 2.24) is 9.80 Å². The average Bonchev–Trinajstić information content (AvgIpc) is 3.15. The van der Waals surface area contributed by atoms with Crippen LogP contribution in [-0.4, -0.2) is 62.4 Å². The summed E-state index contributed by atoms with van der Waals surface area (Å²) in [6, 6.07) is 19.1. The van der Waals surface area contributed by atoms with Crippen LogP contribution in [0.3, 0.4) is 0 Å². The monoisotopic (exact) mass is 370 g/mol. The molecule has 2 aromatic carbocycles. The van der Waals surface area contributed by atoms with Crippen LogP contribution in [0.15, 0.2) is 54.6 Å². The van der Waals surface area contributed by atoms with Gasteiger partial charge < -0.3 is 4.90 Å². The Morgan fingerprint density at radius 2 is 1.62 bits per heavy atom. The molecule has 0 saturated carbocycles. The van der Waals surface area contributed by atoms with Crippen molar-refractivity contribution in [3.63, 3.8) is 0 Å². The van der Waals surface area contributed by atoms with Crippen LogP contribution in [0, 0.1) is 5.92 Å². The fourth-order valence-electron chi connectivity index (χ4n) is 4.47. The highest BCUT2D eigenvalue weighted by atomic mass is 32.2. The molecule has 4 nitrogen and oxygen atoms in total. The Hall–Kier alpha value is -1.69. The molecular formula is C21H26N2O2S. The summed E-state index contributed by atoms with van der Waals surface area (Å²) in [5.41, 5.74) is 3.67. The molecule has 0 aromatic heterocycles. The first-order valence-electron chi connectivity index (χ1n) is 9.19. The topological polar surface area (TPSA) is 40.6 Å². The average molecular weight is 371 g/mol. The predicted octanol–water partition coefficient (Wildman–Crippen LogP) is 2.51. The number of rotatable bonds is 4. The number of sulfone groups is 1. The maximum Gasteiger partial charge on any atom is 0.156 e. The van der Waals surface area contributed by atoms with Crippen LogP contribution >= 0.6 is 0 Å². The lowest BCUT2D eigenvalue weighted by Crippen LogP contribution is -2.37. The number of likely N-dealkylation sites (tertiary alicyclic amines) is 1. The summed E-state index contributed by atoms with van der Waals surface area (Å²) >= 11 is 0. The van der Waals surface area contributed by atoms with Crippen molar-refractivity contribution in [1.29, 1.82) is 0 Å². The van der Waals surface area contributed by atoms with Gasteiger partial charge in [0.15, 0.2) is 9.84 Å². The summed E-state index contributed by atoms with van der Waals surface area (Å²) < 4.78 is 25.0. The zero-order valence-corrected chi connectivity index (χ0v) is 16.2. The van der Waals surface area contributed by atoms with Gasteiger partial charge in [0.25, 0.3) is 0 Å². The number of benzene rings is 2. The van der Waals surface area contributed by atoms with Crippen molar-refractivity contribution in [2.24, 2.45) is 5.92 Å². The Bertz CT molecular complexity index is 863. The van der Waals surface area contributed by atoms with Gasteiger partial charge >= 0.3 is 0 Å². The van der Waals surface area contributed by atoms with Crippen molar-refractivity contribution in [2.75, 3.05) is 32.9 Å². The van der Waals surface area contributed by atoms with Crippen LogP contribution in [0.5, 0.6) is 0 Å². The van der Waals surface area contributed by atoms with Crippen LogP contribution in [-0.2, 0) is 16.4 Å². The first-order chi connectivity index (χ1) is 12.4. The lowest BCUT2D eigenvalue weighted by atomic mass is 10.00. The molecule has 0 aliphatic carbocycles. The highest BCUT2D eigenvalue weighted by molar-refractivity contribution is 7.92. The molecule has 0 radical (unpaired) electrons. The third-order valence-electron chi connectivity index (χ3n) is 5.87. The zero-order valence-electron chi connectivity index (χ0n) is 15.4. The van der Waals surface area contributed by atoms with E-state index in [1.807, 2.05) is 32.3 Å². The predicted molar refractivity (Wildman–Crippen MR) is 106 cm³/mol. The molecule has 2 aliphatic rings. The molecule has 0 unspecified atom stereocenters. The SMILES string of the molecule is CN(C)[C@@H]1CS(=O)(=O)[C@H]2CN(Cc3ccc(-c4ccccc4)cc3)C[C@@H]12. The van der Waals surface area contributed by atoms with Gasteiger partial charge in [0.05, 0.1) is 11.0 Å². The summed E-state index contributed by atoms with van der Waals surface area (Å²) in [4.78, 5) is 4.39. The number of hydrogen-bond donors (Lipinski definition) is 0. The third-order valence-corrected chi connectivity index (χ3v) is 8.10. The minimum absolute atomic E-state index is 0.149. The molecule has 26 heavy (non-hydrogen) atoms. The molecule has 2 heterocycles. The summed E-state index contributed by atoms with van der Waals surface area (Å²) in [5.74, 6) is 0.549. The van der Waals surface area contributed by atoms with Crippen LogP contribution in [0.25, 0.3) is 11.1 Å². The number of fused-ring (bicyclic) bond motifs is 1. The smallest absolute Gasteiger partial charge is 0.156 e. The molecule has 2 saturated heterocycles. The molecule has 3 atom stereocenters. The minimum Gasteiger partial charge on any atom is -0.305 e. The van der Waals surface area contributed by atoms with E-state index in [1.54, 1.807) is 0 Å². The molecular weight excluding hydrogens is 344 g/mol. The zero-order chi connectivity index (χ0) is 18.3. The maximum absolute atomic E-state index is 12.5. The van der Waals surface area contributed by atoms with E-state index in [0.717, 1.165) is 13.1 Å². The summed E-state index contributed by atoms with van der Waals surface area (Å²) in [7, 11) is 1.02. The lowest BCUT2D eigenvalue weighted by Gasteiger charge is -2.25. The van der Waals surface area contributed by atoms with E-state index in [9.17, 15) is 8.42 Å². The molecule has 0 amide bonds. The molecule has 2 aliphatic heterocycles. The Morgan fingerprint density at radius 1 is 0.962 bits per heavy atom. The maximum atomic E-state index is 12.5. The fraction of sp³-hybridized carbons (Fsp3) is 0.429. The van der Waals surface area contributed by atoms with Gasteiger partial charge in [0.2, 0.25) is 0 Å². The summed E-state index contributed by atoms with van der Waals surface area (Å²) in [5, 5.41) is -0.196. The largest absolute Gasteiger partial charge is 0.305 e. The molecule has 2 fully saturated rings. The standard InChI is InChI=1S/C21H26N2O2S/c1-22(2)20-15-26(24,25)21-14-23(13-19(20)21)12-16-8-10-18(11-9-16)17-6-4-3-5-7-17/h3-11,19-21H,12-15H2,1-2H3/t19-,20+,21-/m0/s1. The Kier molecular flexibility index (Phi) is 4.63. The molecule has 5 heteroatoms. The normalized spacial score (nSPS) is 27.7. The molecule has 0 bridgehead atoms. The summed E-state index contributed by atoms with van der Waals surface area (Å²) in [6.45, 7) is 2.35. The molecule has 0 spiro atoms. The van der Waals surface area contributed by atoms with Gasteiger partial charge in [-0.25, -0.2) is 8.42 Å². The van der Waals surface area contributed by atoms with Gasteiger partial charge in [0.1, 0.15) is 0 Å². The van der Waals surface area contributed by atoms with E-state index in [0.29, 0.717) is 12.3 Å². The Balaban J connectivity index is 1.46. The van der Waals surface area contributed by atoms with Crippen LogP contribution in [0.2, 0.25) is 0 Å². The number of hydrogen-bond acceptors (Lipinski definition) is 4. The number of nitrogens with zero attached hydrogens (tertiary/aromatic N) is 2. The van der Waals surface area contributed by atoms with E-state index in [1.165, 1.54) is 16.7 Å². The summed E-state index contributed by atoms with van der Waals surface area (Å²) in [6.07, 6.45) is 0. The van der Waals surface area contributed by atoms with Gasteiger partial charge in [-0.1, -0.05) is 54.6 Å².